The predicted octanol–water partition coefficient (Wildman–Crippen LogP) is 4.13. The number of hydrogen-bond donors (Lipinski definition) is 0. The number of fused-ring (bicyclic) bond motifs is 1. The van der Waals surface area contributed by atoms with Crippen LogP contribution in [-0.4, -0.2) is 22.1 Å². The van der Waals surface area contributed by atoms with Gasteiger partial charge in [-0.05, 0) is 50.1 Å². The van der Waals surface area contributed by atoms with Crippen LogP contribution in [0.3, 0.4) is 0 Å². The number of rotatable bonds is 5. The fourth-order valence-corrected chi connectivity index (χ4v) is 3.33. The number of nitrogens with zero attached hydrogens (tertiary/aromatic N) is 4. The van der Waals surface area contributed by atoms with Crippen LogP contribution in [0, 0.1) is 22.7 Å². The smallest absolute Gasteiger partial charge is 0.328 e. The molecular formula is C22H20N4O2. The number of aromatic nitrogens is 2. The number of aryl methyl sites for hydroxylation is 1. The molecule has 2 aromatic carbocycles. The molecule has 3 aromatic rings. The van der Waals surface area contributed by atoms with Gasteiger partial charge in [0, 0.05) is 5.56 Å². The van der Waals surface area contributed by atoms with Crippen LogP contribution in [0.25, 0.3) is 22.4 Å². The molecule has 1 atom stereocenters. The van der Waals surface area contributed by atoms with Crippen LogP contribution in [0.1, 0.15) is 43.5 Å². The Morgan fingerprint density at radius 1 is 1.18 bits per heavy atom. The van der Waals surface area contributed by atoms with Crippen LogP contribution in [0.2, 0.25) is 0 Å². The van der Waals surface area contributed by atoms with Crippen molar-refractivity contribution in [2.75, 3.05) is 6.61 Å². The van der Waals surface area contributed by atoms with Crippen LogP contribution < -0.4 is 0 Å². The average molecular weight is 372 g/mol. The van der Waals surface area contributed by atoms with Gasteiger partial charge in [-0.2, -0.15) is 10.5 Å². The second-order valence-electron chi connectivity index (χ2n) is 6.39. The molecule has 28 heavy (non-hydrogen) atoms. The molecule has 1 heterocycles. The fraction of sp³-hybridized carbons (Fsp3) is 0.273. The summed E-state index contributed by atoms with van der Waals surface area (Å²) in [6.45, 7) is 5.82. The molecule has 6 heteroatoms. The molecule has 0 aliphatic heterocycles. The predicted molar refractivity (Wildman–Crippen MR) is 105 cm³/mol. The Kier molecular flexibility index (Phi) is 5.42. The highest BCUT2D eigenvalue weighted by atomic mass is 16.5. The van der Waals surface area contributed by atoms with Gasteiger partial charge in [-0.3, -0.25) is 0 Å². The zero-order valence-electron chi connectivity index (χ0n) is 16.1. The number of esters is 1. The molecule has 0 aliphatic carbocycles. The van der Waals surface area contributed by atoms with Crippen LogP contribution in [0.4, 0.5) is 0 Å². The van der Waals surface area contributed by atoms with Crippen LogP contribution in [-0.2, 0) is 16.0 Å². The van der Waals surface area contributed by atoms with Crippen LogP contribution in [0.15, 0.2) is 36.4 Å². The lowest BCUT2D eigenvalue weighted by molar-refractivity contribution is -0.146. The highest BCUT2D eigenvalue weighted by Crippen LogP contribution is 2.32. The standard InChI is InChI=1S/C22H20N4O2/c1-4-17-10-16(13-24)11-19-20(17)26(14(3)22(27)28-5-2)21(25-19)18-8-6-7-15(9-18)12-23/h6-11,14H,4-5H2,1-3H3. The number of carbonyl (C=O) groups excluding carboxylic acids is 1. The van der Waals surface area contributed by atoms with Crippen molar-refractivity contribution >= 4 is 17.0 Å². The Labute approximate surface area is 163 Å². The average Bonchev–Trinajstić information content (AvgIpc) is 3.12. The van der Waals surface area contributed by atoms with Gasteiger partial charge in [0.05, 0.1) is 40.9 Å². The van der Waals surface area contributed by atoms with Gasteiger partial charge < -0.3 is 9.30 Å². The van der Waals surface area contributed by atoms with Gasteiger partial charge in [0.2, 0.25) is 0 Å². The molecule has 1 unspecified atom stereocenters. The number of imidazole rings is 1. The molecule has 0 spiro atoms. The van der Waals surface area contributed by atoms with E-state index in [1.807, 2.05) is 23.6 Å². The van der Waals surface area contributed by atoms with E-state index in [2.05, 4.69) is 12.1 Å². The van der Waals surface area contributed by atoms with Crippen LogP contribution in [0.5, 0.6) is 0 Å². The van der Waals surface area contributed by atoms with E-state index < -0.39 is 6.04 Å². The first-order valence-electron chi connectivity index (χ1n) is 9.16. The summed E-state index contributed by atoms with van der Waals surface area (Å²) in [5, 5.41) is 18.6. The summed E-state index contributed by atoms with van der Waals surface area (Å²) in [7, 11) is 0. The third-order valence-electron chi connectivity index (χ3n) is 4.64. The van der Waals surface area contributed by atoms with Crippen molar-refractivity contribution in [1.82, 2.24) is 9.55 Å². The van der Waals surface area contributed by atoms with Crippen molar-refractivity contribution in [2.45, 2.75) is 33.2 Å². The molecule has 3 rings (SSSR count). The van der Waals surface area contributed by atoms with E-state index in [1.165, 1.54) is 0 Å². The molecule has 0 saturated carbocycles. The van der Waals surface area contributed by atoms with Gasteiger partial charge in [-0.25, -0.2) is 9.78 Å². The minimum Gasteiger partial charge on any atom is -0.464 e. The third kappa shape index (κ3) is 3.33. The van der Waals surface area contributed by atoms with E-state index in [-0.39, 0.29) is 12.6 Å². The second-order valence-corrected chi connectivity index (χ2v) is 6.39. The van der Waals surface area contributed by atoms with Gasteiger partial charge in [-0.1, -0.05) is 19.1 Å². The third-order valence-corrected chi connectivity index (χ3v) is 4.64. The van der Waals surface area contributed by atoms with Crippen molar-refractivity contribution in [3.8, 4) is 23.5 Å². The number of ether oxygens (including phenoxy) is 1. The molecule has 140 valence electrons. The van der Waals surface area contributed by atoms with Crippen molar-refractivity contribution in [1.29, 1.82) is 10.5 Å². The van der Waals surface area contributed by atoms with Gasteiger partial charge in [0.15, 0.2) is 0 Å². The van der Waals surface area contributed by atoms with E-state index in [9.17, 15) is 15.3 Å². The topological polar surface area (TPSA) is 91.7 Å². The molecule has 0 saturated heterocycles. The highest BCUT2D eigenvalue weighted by molar-refractivity contribution is 5.88. The SMILES string of the molecule is CCOC(=O)C(C)n1c(-c2cccc(C#N)c2)nc2cc(C#N)cc(CC)c21. The zero-order valence-corrected chi connectivity index (χ0v) is 16.1. The summed E-state index contributed by atoms with van der Waals surface area (Å²) in [5.74, 6) is 0.211. The highest BCUT2D eigenvalue weighted by Gasteiger charge is 2.25. The molecule has 0 radical (unpaired) electrons. The van der Waals surface area contributed by atoms with E-state index in [1.54, 1.807) is 38.1 Å². The minimum absolute atomic E-state index is 0.286. The Balaban J connectivity index is 2.36. The Morgan fingerprint density at radius 3 is 2.57 bits per heavy atom. The first-order valence-corrected chi connectivity index (χ1v) is 9.16. The molecule has 0 N–H and O–H groups in total. The summed E-state index contributed by atoms with van der Waals surface area (Å²) < 4.78 is 7.09. The van der Waals surface area contributed by atoms with E-state index in [4.69, 9.17) is 9.72 Å². The van der Waals surface area contributed by atoms with Crippen molar-refractivity contribution in [3.05, 3.63) is 53.1 Å². The Hall–Kier alpha value is -3.64. The maximum Gasteiger partial charge on any atom is 0.328 e. The summed E-state index contributed by atoms with van der Waals surface area (Å²) in [6, 6.07) is 14.3. The molecule has 1 aromatic heterocycles. The fourth-order valence-electron chi connectivity index (χ4n) is 3.33. The summed E-state index contributed by atoms with van der Waals surface area (Å²) >= 11 is 0. The zero-order chi connectivity index (χ0) is 20.3. The largest absolute Gasteiger partial charge is 0.464 e. The molecule has 0 amide bonds. The molecule has 0 fully saturated rings. The lowest BCUT2D eigenvalue weighted by Crippen LogP contribution is -2.20. The minimum atomic E-state index is -0.607. The number of hydrogen-bond acceptors (Lipinski definition) is 5. The molecule has 6 nitrogen and oxygen atoms in total. The quantitative estimate of drug-likeness (QED) is 0.628. The molecule has 0 bridgehead atoms. The summed E-state index contributed by atoms with van der Waals surface area (Å²) in [4.78, 5) is 17.3. The van der Waals surface area contributed by atoms with Crippen molar-refractivity contribution in [2.24, 2.45) is 0 Å². The van der Waals surface area contributed by atoms with Gasteiger partial charge in [0.25, 0.3) is 0 Å². The van der Waals surface area contributed by atoms with Gasteiger partial charge >= 0.3 is 5.97 Å². The normalized spacial score (nSPS) is 11.6. The first-order chi connectivity index (χ1) is 13.5. The lowest BCUT2D eigenvalue weighted by atomic mass is 10.1. The van der Waals surface area contributed by atoms with Gasteiger partial charge in [0.1, 0.15) is 11.9 Å². The molecule has 0 aliphatic rings. The number of carbonyl (C=O) groups is 1. The number of nitriles is 2. The second kappa shape index (κ2) is 7.94. The maximum atomic E-state index is 12.5. The first kappa shape index (κ1) is 19.1. The summed E-state index contributed by atoms with van der Waals surface area (Å²) in [6.07, 6.45) is 0.685. The molecular weight excluding hydrogens is 352 g/mol. The van der Waals surface area contributed by atoms with Crippen LogP contribution >= 0.6 is 0 Å². The van der Waals surface area contributed by atoms with Gasteiger partial charge in [-0.15, -0.1) is 0 Å². The number of benzene rings is 2. The maximum absolute atomic E-state index is 12.5. The Morgan fingerprint density at radius 2 is 1.93 bits per heavy atom. The Bertz CT molecular complexity index is 1130. The van der Waals surface area contributed by atoms with Crippen molar-refractivity contribution in [3.63, 3.8) is 0 Å². The lowest BCUT2D eigenvalue weighted by Gasteiger charge is -2.18. The van der Waals surface area contributed by atoms with E-state index >= 15 is 0 Å². The van der Waals surface area contributed by atoms with Crippen molar-refractivity contribution < 1.29 is 9.53 Å². The summed E-state index contributed by atoms with van der Waals surface area (Å²) in [5.41, 5.74) is 4.14. The van der Waals surface area contributed by atoms with E-state index in [0.29, 0.717) is 28.9 Å². The van der Waals surface area contributed by atoms with E-state index in [0.717, 1.165) is 16.6 Å². The monoisotopic (exact) mass is 372 g/mol.